The van der Waals surface area contributed by atoms with Crippen molar-refractivity contribution in [1.82, 2.24) is 9.97 Å². The molecule has 0 atom stereocenters. The number of aromatic nitrogens is 2. The molecule has 0 aliphatic heterocycles. The van der Waals surface area contributed by atoms with Crippen LogP contribution in [0.25, 0.3) is 0 Å². The van der Waals surface area contributed by atoms with E-state index in [2.05, 4.69) is 20.6 Å². The molecule has 2 heterocycles. The fraction of sp³-hybridized carbons (Fsp3) is 0.0556. The molecular weight excluding hydrogens is 343 g/mol. The molecule has 128 valence electrons. The zero-order valence-corrected chi connectivity index (χ0v) is 13.8. The second kappa shape index (κ2) is 7.72. The van der Waals surface area contributed by atoms with E-state index in [0.29, 0.717) is 23.6 Å². The SMILES string of the molecule is O=C(Nc1cccc(F)c1)c1ccc(Cl)nc1NCc1ccncc1.[HH]. The largest absolute Gasteiger partial charge is 0.365 e. The number of halogens is 2. The zero-order chi connectivity index (χ0) is 17.6. The number of benzene rings is 1. The second-order valence-corrected chi connectivity index (χ2v) is 5.59. The number of nitrogens with one attached hydrogen (secondary N) is 2. The number of hydrogen-bond donors (Lipinski definition) is 2. The molecule has 2 aromatic heterocycles. The predicted molar refractivity (Wildman–Crippen MR) is 97.3 cm³/mol. The number of amides is 1. The minimum atomic E-state index is -0.428. The van der Waals surface area contributed by atoms with Crippen LogP contribution in [0.2, 0.25) is 5.15 Å². The van der Waals surface area contributed by atoms with Crippen LogP contribution in [-0.2, 0) is 6.54 Å². The van der Waals surface area contributed by atoms with E-state index >= 15 is 0 Å². The second-order valence-electron chi connectivity index (χ2n) is 5.20. The zero-order valence-electron chi connectivity index (χ0n) is 13.0. The van der Waals surface area contributed by atoms with Crippen molar-refractivity contribution in [2.24, 2.45) is 0 Å². The van der Waals surface area contributed by atoms with Gasteiger partial charge in [0, 0.05) is 26.1 Å². The molecule has 3 aromatic rings. The van der Waals surface area contributed by atoms with Gasteiger partial charge in [0.1, 0.15) is 16.8 Å². The van der Waals surface area contributed by atoms with Crippen LogP contribution in [0.15, 0.2) is 60.9 Å². The number of nitrogens with zero attached hydrogens (tertiary/aromatic N) is 2. The lowest BCUT2D eigenvalue weighted by Gasteiger charge is -2.12. The van der Waals surface area contributed by atoms with E-state index in [0.717, 1.165) is 5.56 Å². The number of pyridine rings is 2. The van der Waals surface area contributed by atoms with Crippen LogP contribution in [0.3, 0.4) is 0 Å². The highest BCUT2D eigenvalue weighted by Crippen LogP contribution is 2.19. The molecule has 3 rings (SSSR count). The van der Waals surface area contributed by atoms with Crippen LogP contribution in [0.1, 0.15) is 17.3 Å². The summed E-state index contributed by atoms with van der Waals surface area (Å²) in [5, 5.41) is 6.00. The summed E-state index contributed by atoms with van der Waals surface area (Å²) in [6.07, 6.45) is 3.36. The van der Waals surface area contributed by atoms with E-state index in [-0.39, 0.29) is 6.58 Å². The molecule has 7 heteroatoms. The summed E-state index contributed by atoms with van der Waals surface area (Å²) in [6, 6.07) is 12.5. The van der Waals surface area contributed by atoms with Gasteiger partial charge in [-0.3, -0.25) is 9.78 Å². The van der Waals surface area contributed by atoms with Crippen molar-refractivity contribution in [3.05, 3.63) is 83.0 Å². The molecule has 0 saturated carbocycles. The van der Waals surface area contributed by atoms with Crippen molar-refractivity contribution in [3.63, 3.8) is 0 Å². The van der Waals surface area contributed by atoms with E-state index in [1.807, 2.05) is 12.1 Å². The minimum absolute atomic E-state index is 0. The van der Waals surface area contributed by atoms with Gasteiger partial charge in [-0.1, -0.05) is 17.7 Å². The van der Waals surface area contributed by atoms with E-state index in [1.165, 1.54) is 24.3 Å². The number of anilines is 2. The quantitative estimate of drug-likeness (QED) is 0.664. The van der Waals surface area contributed by atoms with Crippen LogP contribution in [0.4, 0.5) is 15.9 Å². The molecule has 0 unspecified atom stereocenters. The number of carbonyl (C=O) groups excluding carboxylic acids is 1. The summed E-state index contributed by atoms with van der Waals surface area (Å²) in [5.41, 5.74) is 1.65. The topological polar surface area (TPSA) is 66.9 Å². The Labute approximate surface area is 150 Å². The molecule has 5 nitrogen and oxygen atoms in total. The van der Waals surface area contributed by atoms with Crippen LogP contribution in [-0.4, -0.2) is 15.9 Å². The molecule has 0 bridgehead atoms. The van der Waals surface area contributed by atoms with Crippen molar-refractivity contribution < 1.29 is 10.6 Å². The smallest absolute Gasteiger partial charge is 0.259 e. The Morgan fingerprint density at radius 3 is 2.72 bits per heavy atom. The maximum absolute atomic E-state index is 13.3. The van der Waals surface area contributed by atoms with Crippen LogP contribution in [0, 0.1) is 5.82 Å². The van der Waals surface area contributed by atoms with Gasteiger partial charge in [0.05, 0.1) is 5.56 Å². The summed E-state index contributed by atoms with van der Waals surface area (Å²) >= 11 is 5.94. The van der Waals surface area contributed by atoms with Gasteiger partial charge in [-0.05, 0) is 48.0 Å². The lowest BCUT2D eigenvalue weighted by atomic mass is 10.2. The average Bonchev–Trinajstić information content (AvgIpc) is 2.61. The average molecular weight is 359 g/mol. The molecule has 0 fully saturated rings. The normalized spacial score (nSPS) is 10.3. The first-order valence-electron chi connectivity index (χ1n) is 7.48. The predicted octanol–water partition coefficient (Wildman–Crippen LogP) is 4.38. The molecule has 0 aliphatic carbocycles. The third-order valence-corrected chi connectivity index (χ3v) is 3.61. The van der Waals surface area contributed by atoms with Crippen molar-refractivity contribution >= 4 is 29.0 Å². The Morgan fingerprint density at radius 1 is 1.16 bits per heavy atom. The van der Waals surface area contributed by atoms with Crippen molar-refractivity contribution in [2.75, 3.05) is 10.6 Å². The van der Waals surface area contributed by atoms with Crippen LogP contribution >= 0.6 is 11.6 Å². The first-order chi connectivity index (χ1) is 12.1. The summed E-state index contributed by atoms with van der Waals surface area (Å²) in [6.45, 7) is 0.454. The molecule has 25 heavy (non-hydrogen) atoms. The monoisotopic (exact) mass is 358 g/mol. The van der Waals surface area contributed by atoms with Gasteiger partial charge >= 0.3 is 0 Å². The highest BCUT2D eigenvalue weighted by Gasteiger charge is 2.14. The third kappa shape index (κ3) is 4.51. The fourth-order valence-corrected chi connectivity index (χ4v) is 2.35. The van der Waals surface area contributed by atoms with Crippen molar-refractivity contribution in [3.8, 4) is 0 Å². The van der Waals surface area contributed by atoms with Gasteiger partial charge in [0.15, 0.2) is 0 Å². The Hall–Kier alpha value is -2.99. The summed E-state index contributed by atoms with van der Waals surface area (Å²) in [7, 11) is 0. The van der Waals surface area contributed by atoms with Gasteiger partial charge < -0.3 is 10.6 Å². The molecule has 1 amide bonds. The van der Waals surface area contributed by atoms with Crippen LogP contribution < -0.4 is 10.6 Å². The lowest BCUT2D eigenvalue weighted by Crippen LogP contribution is -2.16. The Morgan fingerprint density at radius 2 is 1.96 bits per heavy atom. The van der Waals surface area contributed by atoms with Gasteiger partial charge in [0.2, 0.25) is 0 Å². The standard InChI is InChI=1S/C18H14ClFN4O.H2/c19-16-5-4-15(18(25)23-14-3-1-2-13(20)10-14)17(24-16)22-11-12-6-8-21-9-7-12;/h1-10H,11H2,(H,22,24)(H,23,25);1H. The summed E-state index contributed by atoms with van der Waals surface area (Å²) in [4.78, 5) is 20.6. The first kappa shape index (κ1) is 16.9. The van der Waals surface area contributed by atoms with Gasteiger partial charge in [-0.15, -0.1) is 0 Å². The summed E-state index contributed by atoms with van der Waals surface area (Å²) in [5.74, 6) is -0.492. The highest BCUT2D eigenvalue weighted by molar-refractivity contribution is 6.29. The van der Waals surface area contributed by atoms with Gasteiger partial charge in [-0.2, -0.15) is 0 Å². The van der Waals surface area contributed by atoms with Gasteiger partial charge in [-0.25, -0.2) is 9.37 Å². The van der Waals surface area contributed by atoms with Crippen LogP contribution in [0.5, 0.6) is 0 Å². The molecule has 0 aliphatic rings. The Bertz CT molecular complexity index is 895. The van der Waals surface area contributed by atoms with Crippen molar-refractivity contribution in [2.45, 2.75) is 6.54 Å². The van der Waals surface area contributed by atoms with Crippen molar-refractivity contribution in [1.29, 1.82) is 0 Å². The Balaban J connectivity index is 0.00000243. The van der Waals surface area contributed by atoms with E-state index in [1.54, 1.807) is 24.5 Å². The molecular formula is C18H16ClFN4O. The Kier molecular flexibility index (Phi) is 5.20. The molecule has 2 N–H and O–H groups in total. The van der Waals surface area contributed by atoms with Gasteiger partial charge in [0.25, 0.3) is 5.91 Å². The lowest BCUT2D eigenvalue weighted by molar-refractivity contribution is 0.102. The molecule has 1 aromatic carbocycles. The molecule has 0 radical (unpaired) electrons. The number of hydrogen-bond acceptors (Lipinski definition) is 4. The number of carbonyl (C=O) groups is 1. The maximum Gasteiger partial charge on any atom is 0.259 e. The first-order valence-corrected chi connectivity index (χ1v) is 7.86. The van der Waals surface area contributed by atoms with E-state index < -0.39 is 11.7 Å². The number of rotatable bonds is 5. The molecule has 0 spiro atoms. The summed E-state index contributed by atoms with van der Waals surface area (Å²) < 4.78 is 13.3. The third-order valence-electron chi connectivity index (χ3n) is 3.40. The minimum Gasteiger partial charge on any atom is -0.365 e. The van der Waals surface area contributed by atoms with E-state index in [4.69, 9.17) is 11.6 Å². The molecule has 0 saturated heterocycles. The van der Waals surface area contributed by atoms with E-state index in [9.17, 15) is 9.18 Å². The fourth-order valence-electron chi connectivity index (χ4n) is 2.20. The maximum atomic E-state index is 13.3. The highest BCUT2D eigenvalue weighted by atomic mass is 35.5.